The second kappa shape index (κ2) is 6.05. The molecule has 0 aliphatic heterocycles. The fourth-order valence-electron chi connectivity index (χ4n) is 3.01. The normalized spacial score (nSPS) is 14.4. The predicted molar refractivity (Wildman–Crippen MR) is 88.9 cm³/mol. The molecule has 0 aliphatic rings. The first kappa shape index (κ1) is 15.0. The molecule has 0 bridgehead atoms. The number of hydrogen-bond donors (Lipinski definition) is 3. The van der Waals surface area contributed by atoms with Crippen molar-refractivity contribution in [3.63, 3.8) is 0 Å². The standard InChI is InChI=1S/C19H20O3/c1-12(21)19(22)18-13(8-9-20)6-7-16-10-14-4-2-3-5-15(14)11-17(16)18/h2-7,10-12,19-22H,8-9H2,1H3. The molecule has 3 rings (SSSR count). The van der Waals surface area contributed by atoms with Crippen molar-refractivity contribution in [2.75, 3.05) is 6.61 Å². The van der Waals surface area contributed by atoms with Gasteiger partial charge in [0.1, 0.15) is 6.10 Å². The van der Waals surface area contributed by atoms with E-state index in [0.29, 0.717) is 12.0 Å². The second-order valence-electron chi connectivity index (χ2n) is 5.72. The summed E-state index contributed by atoms with van der Waals surface area (Å²) in [6.45, 7) is 1.59. The zero-order valence-electron chi connectivity index (χ0n) is 12.5. The summed E-state index contributed by atoms with van der Waals surface area (Å²) < 4.78 is 0. The highest BCUT2D eigenvalue weighted by Gasteiger charge is 2.20. The van der Waals surface area contributed by atoms with Crippen molar-refractivity contribution in [1.29, 1.82) is 0 Å². The molecule has 0 saturated heterocycles. The minimum Gasteiger partial charge on any atom is -0.396 e. The fourth-order valence-corrected chi connectivity index (χ4v) is 3.01. The highest BCUT2D eigenvalue weighted by molar-refractivity contribution is 6.00. The summed E-state index contributed by atoms with van der Waals surface area (Å²) >= 11 is 0. The van der Waals surface area contributed by atoms with E-state index in [1.807, 2.05) is 36.4 Å². The largest absolute Gasteiger partial charge is 0.396 e. The molecule has 2 atom stereocenters. The first-order chi connectivity index (χ1) is 10.6. The van der Waals surface area contributed by atoms with Gasteiger partial charge in [-0.05, 0) is 58.1 Å². The molecule has 0 spiro atoms. The first-order valence-electron chi connectivity index (χ1n) is 7.53. The van der Waals surface area contributed by atoms with Crippen molar-refractivity contribution in [3.05, 3.63) is 59.7 Å². The molecule has 0 saturated carbocycles. The number of rotatable bonds is 4. The summed E-state index contributed by atoms with van der Waals surface area (Å²) in [5.74, 6) is 0. The Hall–Kier alpha value is -1.94. The Labute approximate surface area is 129 Å². The van der Waals surface area contributed by atoms with E-state index in [4.69, 9.17) is 0 Å². The molecule has 0 aromatic heterocycles. The average Bonchev–Trinajstić information content (AvgIpc) is 2.52. The molecule has 3 nitrogen and oxygen atoms in total. The number of aliphatic hydroxyl groups excluding tert-OH is 3. The topological polar surface area (TPSA) is 60.7 Å². The predicted octanol–water partition coefficient (Wildman–Crippen LogP) is 2.94. The minimum absolute atomic E-state index is 0.0125. The lowest BCUT2D eigenvalue weighted by atomic mass is 9.90. The van der Waals surface area contributed by atoms with Crippen LogP contribution in [0.25, 0.3) is 21.5 Å². The zero-order chi connectivity index (χ0) is 15.7. The van der Waals surface area contributed by atoms with Crippen molar-refractivity contribution in [2.45, 2.75) is 25.6 Å². The van der Waals surface area contributed by atoms with Crippen molar-refractivity contribution in [3.8, 4) is 0 Å². The Kier molecular flexibility index (Phi) is 4.12. The van der Waals surface area contributed by atoms with Gasteiger partial charge in [-0.15, -0.1) is 0 Å². The Morgan fingerprint density at radius 2 is 1.59 bits per heavy atom. The third-order valence-corrected chi connectivity index (χ3v) is 4.15. The SMILES string of the molecule is CC(O)C(O)c1c(CCO)ccc2cc3ccccc3cc12. The van der Waals surface area contributed by atoms with Crippen LogP contribution in [0.4, 0.5) is 0 Å². The summed E-state index contributed by atoms with van der Waals surface area (Å²) in [6.07, 6.45) is -1.37. The molecule has 3 heteroatoms. The van der Waals surface area contributed by atoms with E-state index in [0.717, 1.165) is 27.1 Å². The van der Waals surface area contributed by atoms with Crippen LogP contribution in [0.5, 0.6) is 0 Å². The van der Waals surface area contributed by atoms with Gasteiger partial charge in [-0.25, -0.2) is 0 Å². The summed E-state index contributed by atoms with van der Waals surface area (Å²) in [5, 5.41) is 33.7. The van der Waals surface area contributed by atoms with E-state index in [1.54, 1.807) is 6.92 Å². The van der Waals surface area contributed by atoms with Crippen molar-refractivity contribution < 1.29 is 15.3 Å². The van der Waals surface area contributed by atoms with E-state index in [2.05, 4.69) is 12.1 Å². The van der Waals surface area contributed by atoms with Crippen LogP contribution in [0, 0.1) is 0 Å². The number of benzene rings is 3. The highest BCUT2D eigenvalue weighted by Crippen LogP contribution is 2.33. The molecule has 3 N–H and O–H groups in total. The summed E-state index contributed by atoms with van der Waals surface area (Å²) in [7, 11) is 0. The number of aliphatic hydroxyl groups is 3. The van der Waals surface area contributed by atoms with Gasteiger partial charge in [0.25, 0.3) is 0 Å². The molecule has 0 aliphatic carbocycles. The lowest BCUT2D eigenvalue weighted by molar-refractivity contribution is 0.0308. The lowest BCUT2D eigenvalue weighted by Crippen LogP contribution is -2.16. The Bertz CT molecular complexity index is 808. The Morgan fingerprint density at radius 3 is 2.23 bits per heavy atom. The summed E-state index contributed by atoms with van der Waals surface area (Å²) in [6, 6.07) is 16.1. The summed E-state index contributed by atoms with van der Waals surface area (Å²) in [5.41, 5.74) is 1.59. The second-order valence-corrected chi connectivity index (χ2v) is 5.72. The average molecular weight is 296 g/mol. The van der Waals surface area contributed by atoms with Gasteiger partial charge in [0.2, 0.25) is 0 Å². The quantitative estimate of drug-likeness (QED) is 0.649. The van der Waals surface area contributed by atoms with Crippen LogP contribution in [-0.2, 0) is 6.42 Å². The van der Waals surface area contributed by atoms with Crippen LogP contribution in [0.15, 0.2) is 48.5 Å². The molecule has 114 valence electrons. The molecule has 0 radical (unpaired) electrons. The van der Waals surface area contributed by atoms with Crippen LogP contribution in [0.2, 0.25) is 0 Å². The molecule has 3 aromatic rings. The number of hydrogen-bond acceptors (Lipinski definition) is 3. The van der Waals surface area contributed by atoms with E-state index in [1.165, 1.54) is 0 Å². The van der Waals surface area contributed by atoms with Crippen LogP contribution >= 0.6 is 0 Å². The molecular weight excluding hydrogens is 276 g/mol. The molecule has 0 heterocycles. The van der Waals surface area contributed by atoms with Gasteiger partial charge in [0.15, 0.2) is 0 Å². The zero-order valence-corrected chi connectivity index (χ0v) is 12.5. The van der Waals surface area contributed by atoms with Crippen LogP contribution in [0.3, 0.4) is 0 Å². The van der Waals surface area contributed by atoms with E-state index in [9.17, 15) is 15.3 Å². The molecule has 2 unspecified atom stereocenters. The van der Waals surface area contributed by atoms with Crippen molar-refractivity contribution >= 4 is 21.5 Å². The first-order valence-corrected chi connectivity index (χ1v) is 7.53. The lowest BCUT2D eigenvalue weighted by Gasteiger charge is -2.20. The smallest absolute Gasteiger partial charge is 0.105 e. The van der Waals surface area contributed by atoms with E-state index in [-0.39, 0.29) is 6.61 Å². The van der Waals surface area contributed by atoms with Crippen LogP contribution in [-0.4, -0.2) is 28.0 Å². The highest BCUT2D eigenvalue weighted by atomic mass is 16.3. The van der Waals surface area contributed by atoms with E-state index >= 15 is 0 Å². The number of fused-ring (bicyclic) bond motifs is 2. The molecule has 3 aromatic carbocycles. The maximum Gasteiger partial charge on any atom is 0.105 e. The van der Waals surface area contributed by atoms with Gasteiger partial charge >= 0.3 is 0 Å². The molecule has 22 heavy (non-hydrogen) atoms. The van der Waals surface area contributed by atoms with Crippen molar-refractivity contribution in [2.24, 2.45) is 0 Å². The van der Waals surface area contributed by atoms with Crippen LogP contribution in [0.1, 0.15) is 24.2 Å². The van der Waals surface area contributed by atoms with Gasteiger partial charge in [0, 0.05) is 6.61 Å². The van der Waals surface area contributed by atoms with Gasteiger partial charge in [-0.1, -0.05) is 36.4 Å². The maximum atomic E-state index is 10.4. The van der Waals surface area contributed by atoms with Gasteiger partial charge < -0.3 is 15.3 Å². The minimum atomic E-state index is -0.966. The third-order valence-electron chi connectivity index (χ3n) is 4.15. The third kappa shape index (κ3) is 2.59. The van der Waals surface area contributed by atoms with Gasteiger partial charge in [0.05, 0.1) is 6.10 Å². The van der Waals surface area contributed by atoms with Crippen molar-refractivity contribution in [1.82, 2.24) is 0 Å². The maximum absolute atomic E-state index is 10.4. The Balaban J connectivity index is 2.33. The summed E-state index contributed by atoms with van der Waals surface area (Å²) in [4.78, 5) is 0. The molecule has 0 amide bonds. The van der Waals surface area contributed by atoms with E-state index < -0.39 is 12.2 Å². The fraction of sp³-hybridized carbons (Fsp3) is 0.263. The Morgan fingerprint density at radius 1 is 0.909 bits per heavy atom. The van der Waals surface area contributed by atoms with Gasteiger partial charge in [-0.2, -0.15) is 0 Å². The molecular formula is C19H20O3. The van der Waals surface area contributed by atoms with Crippen LogP contribution < -0.4 is 0 Å². The monoisotopic (exact) mass is 296 g/mol. The molecule has 0 fully saturated rings. The van der Waals surface area contributed by atoms with Gasteiger partial charge in [-0.3, -0.25) is 0 Å².